The molecule has 1 atom stereocenters. The molecule has 1 spiro atoms. The summed E-state index contributed by atoms with van der Waals surface area (Å²) in [5.74, 6) is -0.375. The van der Waals surface area contributed by atoms with E-state index in [-0.39, 0.29) is 29.9 Å². The Morgan fingerprint density at radius 2 is 1.68 bits per heavy atom. The van der Waals surface area contributed by atoms with Crippen LogP contribution in [0.4, 0.5) is 4.39 Å². The molecule has 176 valence electrons. The molecule has 0 radical (unpaired) electrons. The average Bonchev–Trinajstić information content (AvgIpc) is 3.16. The quantitative estimate of drug-likeness (QED) is 0.503. The number of carbonyl (C=O) groups excluding carboxylic acids is 1. The molecule has 3 nitrogen and oxygen atoms in total. The van der Waals surface area contributed by atoms with E-state index >= 15 is 0 Å². The van der Waals surface area contributed by atoms with E-state index in [2.05, 4.69) is 30.4 Å². The van der Waals surface area contributed by atoms with Gasteiger partial charge in [-0.05, 0) is 83.4 Å². The zero-order chi connectivity index (χ0) is 23.5. The summed E-state index contributed by atoms with van der Waals surface area (Å²) in [6, 6.07) is 14.9. The molecule has 4 heteroatoms. The maximum Gasteiger partial charge on any atom is 0.306 e. The molecule has 1 N–H and O–H groups in total. The second-order valence-electron chi connectivity index (χ2n) is 9.67. The standard InChI is InChI=1S/C30H31FO3/c31-24-13-11-22(12-14-24)26-19-28(23-9-7-21(20-32)8-10-23)30(17-2-1-3-18-30)27(26)16-15-25-5-4-6-29(33)34-25/h7-16,19,25,32H,1-6,17-18,20H2. The number of esters is 1. The summed E-state index contributed by atoms with van der Waals surface area (Å²) in [6.07, 6.45) is 14.1. The van der Waals surface area contributed by atoms with Crippen molar-refractivity contribution in [2.45, 2.75) is 64.1 Å². The third-order valence-corrected chi connectivity index (χ3v) is 7.55. The van der Waals surface area contributed by atoms with Crippen molar-refractivity contribution in [3.63, 3.8) is 0 Å². The highest BCUT2D eigenvalue weighted by molar-refractivity contribution is 5.96. The molecule has 1 saturated carbocycles. The number of cyclic esters (lactones) is 1. The fourth-order valence-electron chi connectivity index (χ4n) is 5.80. The monoisotopic (exact) mass is 458 g/mol. The van der Waals surface area contributed by atoms with Gasteiger partial charge in [-0.15, -0.1) is 0 Å². The van der Waals surface area contributed by atoms with Crippen molar-refractivity contribution in [2.24, 2.45) is 5.41 Å². The predicted octanol–water partition coefficient (Wildman–Crippen LogP) is 6.77. The van der Waals surface area contributed by atoms with Crippen LogP contribution in [0.3, 0.4) is 0 Å². The van der Waals surface area contributed by atoms with Crippen LogP contribution in [0.1, 0.15) is 68.1 Å². The third-order valence-electron chi connectivity index (χ3n) is 7.55. The van der Waals surface area contributed by atoms with Gasteiger partial charge in [0.15, 0.2) is 0 Å². The lowest BCUT2D eigenvalue weighted by Crippen LogP contribution is -2.26. The number of allylic oxidation sites excluding steroid dienone is 5. The molecule has 5 rings (SSSR count). The maximum atomic E-state index is 13.7. The van der Waals surface area contributed by atoms with Gasteiger partial charge >= 0.3 is 5.97 Å². The van der Waals surface area contributed by atoms with Gasteiger partial charge in [0, 0.05) is 11.8 Å². The Morgan fingerprint density at radius 1 is 0.971 bits per heavy atom. The van der Waals surface area contributed by atoms with Gasteiger partial charge in [-0.3, -0.25) is 4.79 Å². The molecule has 0 aromatic heterocycles. The van der Waals surface area contributed by atoms with Crippen LogP contribution in [0.5, 0.6) is 0 Å². The van der Waals surface area contributed by atoms with Gasteiger partial charge in [-0.25, -0.2) is 4.39 Å². The molecule has 1 saturated heterocycles. The molecule has 1 unspecified atom stereocenters. The predicted molar refractivity (Wildman–Crippen MR) is 132 cm³/mol. The van der Waals surface area contributed by atoms with Gasteiger partial charge in [0.1, 0.15) is 11.9 Å². The van der Waals surface area contributed by atoms with E-state index in [0.29, 0.717) is 6.42 Å². The molecular formula is C30H31FO3. The van der Waals surface area contributed by atoms with Crippen LogP contribution in [0, 0.1) is 11.2 Å². The molecular weight excluding hydrogens is 427 g/mol. The number of hydrogen-bond acceptors (Lipinski definition) is 3. The summed E-state index contributed by atoms with van der Waals surface area (Å²) >= 11 is 0. The van der Waals surface area contributed by atoms with Crippen molar-refractivity contribution in [3.8, 4) is 0 Å². The van der Waals surface area contributed by atoms with E-state index < -0.39 is 0 Å². The number of ether oxygens (including phenoxy) is 1. The Hall–Kier alpha value is -2.98. The molecule has 0 bridgehead atoms. The first-order valence-electron chi connectivity index (χ1n) is 12.4. The van der Waals surface area contributed by atoms with Gasteiger partial charge in [-0.1, -0.05) is 61.7 Å². The van der Waals surface area contributed by atoms with Crippen molar-refractivity contribution >= 4 is 17.1 Å². The minimum absolute atomic E-state index is 0.0254. The first-order valence-corrected chi connectivity index (χ1v) is 12.4. The van der Waals surface area contributed by atoms with Gasteiger partial charge in [0.2, 0.25) is 0 Å². The summed E-state index contributed by atoms with van der Waals surface area (Å²) in [4.78, 5) is 11.8. The number of hydrogen-bond donors (Lipinski definition) is 1. The highest BCUT2D eigenvalue weighted by Gasteiger charge is 2.43. The van der Waals surface area contributed by atoms with E-state index in [4.69, 9.17) is 4.74 Å². The molecule has 1 heterocycles. The van der Waals surface area contributed by atoms with Crippen LogP contribution in [-0.4, -0.2) is 17.2 Å². The Kier molecular flexibility index (Phi) is 6.51. The van der Waals surface area contributed by atoms with E-state index in [1.54, 1.807) is 0 Å². The lowest BCUT2D eigenvalue weighted by molar-refractivity contribution is -0.150. The summed E-state index contributed by atoms with van der Waals surface area (Å²) in [5, 5.41) is 9.51. The summed E-state index contributed by atoms with van der Waals surface area (Å²) in [5.41, 5.74) is 6.56. The molecule has 2 fully saturated rings. The minimum atomic E-state index is -0.246. The van der Waals surface area contributed by atoms with Crippen LogP contribution in [0.25, 0.3) is 11.1 Å². The van der Waals surface area contributed by atoms with Gasteiger partial charge < -0.3 is 9.84 Å². The smallest absolute Gasteiger partial charge is 0.306 e. The summed E-state index contributed by atoms with van der Waals surface area (Å²) in [7, 11) is 0. The van der Waals surface area contributed by atoms with Crippen LogP contribution < -0.4 is 0 Å². The van der Waals surface area contributed by atoms with Crippen LogP contribution in [-0.2, 0) is 16.1 Å². The number of carbonyl (C=O) groups is 1. The number of halogens is 1. The van der Waals surface area contributed by atoms with Crippen LogP contribution in [0.15, 0.2) is 72.3 Å². The van der Waals surface area contributed by atoms with Crippen molar-refractivity contribution in [1.82, 2.24) is 0 Å². The zero-order valence-electron chi connectivity index (χ0n) is 19.4. The highest BCUT2D eigenvalue weighted by Crippen LogP contribution is 2.58. The molecule has 34 heavy (non-hydrogen) atoms. The average molecular weight is 459 g/mol. The van der Waals surface area contributed by atoms with Crippen LogP contribution in [0.2, 0.25) is 0 Å². The van der Waals surface area contributed by atoms with Crippen molar-refractivity contribution < 1.29 is 19.0 Å². The number of aliphatic hydroxyl groups is 1. The first kappa shape index (κ1) is 22.8. The van der Waals surface area contributed by atoms with Gasteiger partial charge in [-0.2, -0.15) is 0 Å². The Balaban J connectivity index is 1.62. The molecule has 2 aliphatic carbocycles. The van der Waals surface area contributed by atoms with Gasteiger partial charge in [0.05, 0.1) is 6.61 Å². The second kappa shape index (κ2) is 9.71. The van der Waals surface area contributed by atoms with Crippen molar-refractivity contribution in [2.75, 3.05) is 0 Å². The van der Waals surface area contributed by atoms with E-state index in [0.717, 1.165) is 60.8 Å². The Morgan fingerprint density at radius 3 is 2.35 bits per heavy atom. The lowest BCUT2D eigenvalue weighted by Gasteiger charge is -2.39. The first-order chi connectivity index (χ1) is 16.6. The largest absolute Gasteiger partial charge is 0.458 e. The van der Waals surface area contributed by atoms with Crippen molar-refractivity contribution in [1.29, 1.82) is 0 Å². The molecule has 2 aromatic rings. The normalized spacial score (nSPS) is 22.4. The van der Waals surface area contributed by atoms with E-state index in [1.807, 2.05) is 24.3 Å². The number of aliphatic hydroxyl groups excluding tert-OH is 1. The number of rotatable bonds is 5. The fraction of sp³-hybridized carbons (Fsp3) is 0.367. The Labute approximate surface area is 200 Å². The maximum absolute atomic E-state index is 13.7. The van der Waals surface area contributed by atoms with E-state index in [1.165, 1.54) is 29.7 Å². The SMILES string of the molecule is O=C1CCCC(C=CC2=C(c3ccc(F)cc3)C=C(c3ccc(CO)cc3)C23CCCCC3)O1. The van der Waals surface area contributed by atoms with Crippen molar-refractivity contribution in [3.05, 3.63) is 94.8 Å². The van der Waals surface area contributed by atoms with E-state index in [9.17, 15) is 14.3 Å². The Bertz CT molecular complexity index is 1130. The fourth-order valence-corrected chi connectivity index (χ4v) is 5.80. The lowest BCUT2D eigenvalue weighted by atomic mass is 9.64. The summed E-state index contributed by atoms with van der Waals surface area (Å²) < 4.78 is 19.3. The zero-order valence-corrected chi connectivity index (χ0v) is 19.4. The minimum Gasteiger partial charge on any atom is -0.458 e. The number of benzene rings is 2. The summed E-state index contributed by atoms with van der Waals surface area (Å²) in [6.45, 7) is 0.0254. The molecule has 0 amide bonds. The highest BCUT2D eigenvalue weighted by atomic mass is 19.1. The molecule has 2 aromatic carbocycles. The van der Waals surface area contributed by atoms with Crippen LogP contribution >= 0.6 is 0 Å². The third kappa shape index (κ3) is 4.39. The molecule has 1 aliphatic heterocycles. The molecule has 3 aliphatic rings. The topological polar surface area (TPSA) is 46.5 Å². The van der Waals surface area contributed by atoms with Gasteiger partial charge in [0.25, 0.3) is 0 Å². The second-order valence-corrected chi connectivity index (χ2v) is 9.67.